The summed E-state index contributed by atoms with van der Waals surface area (Å²) in [6.07, 6.45) is 4.04. The summed E-state index contributed by atoms with van der Waals surface area (Å²) in [7, 11) is 3.58. The van der Waals surface area contributed by atoms with E-state index in [-0.39, 0.29) is 11.8 Å². The molecular formula is C25H32N2O3. The second-order valence-corrected chi connectivity index (χ2v) is 8.33. The minimum atomic E-state index is 0.0952. The highest BCUT2D eigenvalue weighted by molar-refractivity contribution is 5.80. The molecule has 0 N–H and O–H groups in total. The summed E-state index contributed by atoms with van der Waals surface area (Å²) >= 11 is 0. The van der Waals surface area contributed by atoms with E-state index in [1.165, 1.54) is 12.0 Å². The molecule has 160 valence electrons. The third kappa shape index (κ3) is 4.31. The Labute approximate surface area is 179 Å². The fourth-order valence-corrected chi connectivity index (χ4v) is 5.05. The van der Waals surface area contributed by atoms with Gasteiger partial charge in [-0.3, -0.25) is 9.69 Å². The Hall–Kier alpha value is -2.53. The molecule has 2 aromatic rings. The average molecular weight is 409 g/mol. The number of fused-ring (bicyclic) bond motifs is 1. The van der Waals surface area contributed by atoms with Gasteiger partial charge in [0.2, 0.25) is 5.91 Å². The fraction of sp³-hybridized carbons (Fsp3) is 0.480. The van der Waals surface area contributed by atoms with E-state index < -0.39 is 0 Å². The first-order valence-corrected chi connectivity index (χ1v) is 11.0. The molecule has 5 nitrogen and oxygen atoms in total. The van der Waals surface area contributed by atoms with Crippen LogP contribution in [0.2, 0.25) is 0 Å². The van der Waals surface area contributed by atoms with Gasteiger partial charge in [0.05, 0.1) is 19.6 Å². The first kappa shape index (κ1) is 20.7. The van der Waals surface area contributed by atoms with Crippen molar-refractivity contribution >= 4 is 5.91 Å². The summed E-state index contributed by atoms with van der Waals surface area (Å²) in [4.78, 5) is 17.7. The average Bonchev–Trinajstić information content (AvgIpc) is 3.40. The molecule has 1 amide bonds. The van der Waals surface area contributed by atoms with Crippen LogP contribution in [-0.4, -0.2) is 55.6 Å². The number of amides is 1. The van der Waals surface area contributed by atoms with Crippen LogP contribution in [0.3, 0.4) is 0 Å². The van der Waals surface area contributed by atoms with Crippen LogP contribution < -0.4 is 9.47 Å². The van der Waals surface area contributed by atoms with Crippen LogP contribution in [0.4, 0.5) is 0 Å². The Morgan fingerprint density at radius 2 is 1.83 bits per heavy atom. The van der Waals surface area contributed by atoms with Gasteiger partial charge in [0.1, 0.15) is 0 Å². The molecule has 0 aliphatic carbocycles. The summed E-state index contributed by atoms with van der Waals surface area (Å²) in [6, 6.07) is 19.1. The number of para-hydroxylation sites is 2. The minimum Gasteiger partial charge on any atom is -0.493 e. The maximum Gasteiger partial charge on any atom is 0.227 e. The zero-order chi connectivity index (χ0) is 20.9. The molecule has 30 heavy (non-hydrogen) atoms. The monoisotopic (exact) mass is 408 g/mol. The zero-order valence-corrected chi connectivity index (χ0v) is 18.0. The maximum atomic E-state index is 13.3. The predicted molar refractivity (Wildman–Crippen MR) is 118 cm³/mol. The normalized spacial score (nSPS) is 23.2. The number of ether oxygens (including phenoxy) is 2. The van der Waals surface area contributed by atoms with Gasteiger partial charge in [-0.2, -0.15) is 0 Å². The fourth-order valence-electron chi connectivity index (χ4n) is 5.05. The molecule has 2 heterocycles. The van der Waals surface area contributed by atoms with Crippen molar-refractivity contribution in [3.63, 3.8) is 0 Å². The van der Waals surface area contributed by atoms with Crippen molar-refractivity contribution < 1.29 is 14.3 Å². The summed E-state index contributed by atoms with van der Waals surface area (Å²) in [6.45, 7) is 2.36. The summed E-state index contributed by atoms with van der Waals surface area (Å²) in [5.74, 6) is 1.86. The van der Waals surface area contributed by atoms with Crippen LogP contribution in [-0.2, 0) is 4.79 Å². The summed E-state index contributed by atoms with van der Waals surface area (Å²) in [5, 5.41) is 0. The molecule has 0 saturated carbocycles. The maximum absolute atomic E-state index is 13.3. The van der Waals surface area contributed by atoms with E-state index >= 15 is 0 Å². The van der Waals surface area contributed by atoms with Gasteiger partial charge in [-0.15, -0.1) is 0 Å². The third-order valence-corrected chi connectivity index (χ3v) is 6.53. The predicted octanol–water partition coefficient (Wildman–Crippen LogP) is 4.15. The van der Waals surface area contributed by atoms with E-state index in [4.69, 9.17) is 9.47 Å². The Bertz CT molecular complexity index is 841. The second-order valence-electron chi connectivity index (χ2n) is 8.33. The van der Waals surface area contributed by atoms with Gasteiger partial charge in [0.15, 0.2) is 11.5 Å². The van der Waals surface area contributed by atoms with Gasteiger partial charge in [0.25, 0.3) is 0 Å². The number of hydrogen-bond donors (Lipinski definition) is 0. The quantitative estimate of drug-likeness (QED) is 0.616. The second kappa shape index (κ2) is 9.52. The number of carbonyl (C=O) groups is 1. The molecular weight excluding hydrogens is 376 g/mol. The molecule has 0 unspecified atom stereocenters. The van der Waals surface area contributed by atoms with E-state index in [2.05, 4.69) is 35.2 Å². The van der Waals surface area contributed by atoms with Gasteiger partial charge in [-0.1, -0.05) is 42.5 Å². The summed E-state index contributed by atoms with van der Waals surface area (Å²) in [5.41, 5.74) is 1.34. The van der Waals surface area contributed by atoms with E-state index in [9.17, 15) is 4.79 Å². The molecule has 0 radical (unpaired) electrons. The van der Waals surface area contributed by atoms with Crippen molar-refractivity contribution in [1.82, 2.24) is 9.80 Å². The molecule has 2 aromatic carbocycles. The van der Waals surface area contributed by atoms with Gasteiger partial charge >= 0.3 is 0 Å². The van der Waals surface area contributed by atoms with E-state index in [0.29, 0.717) is 25.2 Å². The lowest BCUT2D eigenvalue weighted by Crippen LogP contribution is -2.39. The van der Waals surface area contributed by atoms with Crippen LogP contribution in [0, 0.1) is 5.92 Å². The molecule has 0 spiro atoms. The SMILES string of the molecule is COc1ccccc1OCCCN(C)C(=O)[C@@H]1C[C@H](c2ccccc2)N2CCC[C@@H]12. The Kier molecular flexibility index (Phi) is 6.58. The molecule has 3 atom stereocenters. The van der Waals surface area contributed by atoms with Crippen molar-refractivity contribution in [2.45, 2.75) is 37.8 Å². The van der Waals surface area contributed by atoms with Gasteiger partial charge in [-0.05, 0) is 49.9 Å². The van der Waals surface area contributed by atoms with Crippen molar-refractivity contribution in [1.29, 1.82) is 0 Å². The van der Waals surface area contributed by atoms with Crippen molar-refractivity contribution in [3.05, 3.63) is 60.2 Å². The van der Waals surface area contributed by atoms with Crippen molar-refractivity contribution in [3.8, 4) is 11.5 Å². The lowest BCUT2D eigenvalue weighted by atomic mass is 9.93. The molecule has 2 aliphatic rings. The van der Waals surface area contributed by atoms with Gasteiger partial charge in [0, 0.05) is 25.7 Å². The number of nitrogens with zero attached hydrogens (tertiary/aromatic N) is 2. The van der Waals surface area contributed by atoms with Crippen LogP contribution in [0.15, 0.2) is 54.6 Å². The number of rotatable bonds is 8. The van der Waals surface area contributed by atoms with Crippen LogP contribution >= 0.6 is 0 Å². The molecule has 5 heteroatoms. The third-order valence-electron chi connectivity index (χ3n) is 6.53. The van der Waals surface area contributed by atoms with E-state index in [1.807, 2.05) is 36.2 Å². The summed E-state index contributed by atoms with van der Waals surface area (Å²) < 4.78 is 11.2. The number of methoxy groups -OCH3 is 1. The van der Waals surface area contributed by atoms with Crippen LogP contribution in [0.5, 0.6) is 11.5 Å². The highest BCUT2D eigenvalue weighted by Gasteiger charge is 2.47. The largest absolute Gasteiger partial charge is 0.493 e. The van der Waals surface area contributed by atoms with Crippen molar-refractivity contribution in [2.75, 3.05) is 33.9 Å². The smallest absolute Gasteiger partial charge is 0.227 e. The van der Waals surface area contributed by atoms with Crippen molar-refractivity contribution in [2.24, 2.45) is 5.92 Å². The molecule has 0 aromatic heterocycles. The molecule has 2 fully saturated rings. The Morgan fingerprint density at radius 3 is 2.60 bits per heavy atom. The van der Waals surface area contributed by atoms with Gasteiger partial charge in [-0.25, -0.2) is 0 Å². The number of carbonyl (C=O) groups excluding carboxylic acids is 1. The lowest BCUT2D eigenvalue weighted by Gasteiger charge is -2.26. The number of hydrogen-bond acceptors (Lipinski definition) is 4. The van der Waals surface area contributed by atoms with E-state index in [0.717, 1.165) is 37.3 Å². The van der Waals surface area contributed by atoms with E-state index in [1.54, 1.807) is 7.11 Å². The molecule has 0 bridgehead atoms. The minimum absolute atomic E-state index is 0.0952. The van der Waals surface area contributed by atoms with Crippen LogP contribution in [0.1, 0.15) is 37.3 Å². The Morgan fingerprint density at radius 1 is 1.10 bits per heavy atom. The molecule has 4 rings (SSSR count). The first-order chi connectivity index (χ1) is 14.7. The molecule has 2 saturated heterocycles. The number of benzene rings is 2. The highest BCUT2D eigenvalue weighted by atomic mass is 16.5. The first-order valence-electron chi connectivity index (χ1n) is 11.0. The van der Waals surface area contributed by atoms with Crippen LogP contribution in [0.25, 0.3) is 0 Å². The molecule has 2 aliphatic heterocycles. The Balaban J connectivity index is 1.31. The standard InChI is InChI=1S/C25H32N2O3/c1-26(15-9-17-30-24-14-7-6-13-23(24)29-2)25(28)20-18-22(19-10-4-3-5-11-19)27-16-8-12-21(20)27/h3-7,10-11,13-14,20-22H,8-9,12,15-18H2,1-2H3/t20-,21+,22-/m1/s1. The zero-order valence-electron chi connectivity index (χ0n) is 18.0. The van der Waals surface area contributed by atoms with Gasteiger partial charge < -0.3 is 14.4 Å². The topological polar surface area (TPSA) is 42.0 Å². The lowest BCUT2D eigenvalue weighted by molar-refractivity contribution is -0.134. The highest BCUT2D eigenvalue weighted by Crippen LogP contribution is 2.45.